The molecule has 3 aromatic carbocycles. The van der Waals surface area contributed by atoms with E-state index in [0.29, 0.717) is 33.2 Å². The molecule has 0 aliphatic carbocycles. The average Bonchev–Trinajstić information content (AvgIpc) is 3.34. The van der Waals surface area contributed by atoms with E-state index in [1.165, 1.54) is 0 Å². The van der Waals surface area contributed by atoms with Crippen LogP contribution < -0.4 is 5.32 Å². The molecule has 0 fully saturated rings. The second-order valence-corrected chi connectivity index (χ2v) is 7.65. The van der Waals surface area contributed by atoms with Gasteiger partial charge in [-0.1, -0.05) is 41.9 Å². The number of anilines is 1. The first-order valence-electron chi connectivity index (χ1n) is 9.63. The highest BCUT2D eigenvalue weighted by molar-refractivity contribution is 6.31. The fraction of sp³-hybridized carbons (Fsp3) is 0.0400. The van der Waals surface area contributed by atoms with Gasteiger partial charge in [-0.05, 0) is 43.3 Å². The lowest BCUT2D eigenvalue weighted by atomic mass is 10.0. The summed E-state index contributed by atoms with van der Waals surface area (Å²) in [4.78, 5) is 25.5. The van der Waals surface area contributed by atoms with Crippen LogP contribution in [0.1, 0.15) is 32.2 Å². The van der Waals surface area contributed by atoms with E-state index in [4.69, 9.17) is 20.4 Å². The van der Waals surface area contributed by atoms with Crippen molar-refractivity contribution in [1.82, 2.24) is 0 Å². The van der Waals surface area contributed by atoms with Gasteiger partial charge in [0.15, 0.2) is 11.5 Å². The molecule has 0 atom stereocenters. The summed E-state index contributed by atoms with van der Waals surface area (Å²) in [5.74, 6) is -0.108. The molecule has 0 radical (unpaired) electrons. The van der Waals surface area contributed by atoms with Crippen molar-refractivity contribution in [3.8, 4) is 0 Å². The first kappa shape index (κ1) is 19.2. The zero-order valence-corrected chi connectivity index (χ0v) is 17.2. The molecule has 0 saturated heterocycles. The molecule has 152 valence electrons. The molecule has 31 heavy (non-hydrogen) atoms. The molecule has 0 aliphatic heterocycles. The highest BCUT2D eigenvalue weighted by atomic mass is 35.5. The largest absolute Gasteiger partial charge is 0.452 e. The van der Waals surface area contributed by atoms with Gasteiger partial charge in [-0.25, -0.2) is 0 Å². The van der Waals surface area contributed by atoms with Gasteiger partial charge in [0.05, 0.1) is 0 Å². The summed E-state index contributed by atoms with van der Waals surface area (Å²) in [5.41, 5.74) is 2.95. The first-order chi connectivity index (χ1) is 15.0. The zero-order valence-electron chi connectivity index (χ0n) is 16.4. The summed E-state index contributed by atoms with van der Waals surface area (Å²) in [6.07, 6.45) is 0. The van der Waals surface area contributed by atoms with E-state index < -0.39 is 5.91 Å². The third kappa shape index (κ3) is 3.49. The van der Waals surface area contributed by atoms with Crippen LogP contribution in [0.4, 0.5) is 5.69 Å². The second-order valence-electron chi connectivity index (χ2n) is 7.21. The molecule has 5 aromatic rings. The normalized spacial score (nSPS) is 11.2. The molecule has 1 amide bonds. The van der Waals surface area contributed by atoms with Gasteiger partial charge in [0.25, 0.3) is 5.91 Å². The Hall–Kier alpha value is -3.83. The molecule has 0 aliphatic rings. The Balaban J connectivity index is 1.44. The lowest BCUT2D eigenvalue weighted by Crippen LogP contribution is -2.10. The number of rotatable bonds is 4. The highest BCUT2D eigenvalue weighted by Crippen LogP contribution is 2.30. The maximum Gasteiger partial charge on any atom is 0.291 e. The minimum atomic E-state index is -0.393. The molecule has 0 saturated carbocycles. The third-order valence-corrected chi connectivity index (χ3v) is 5.38. The van der Waals surface area contributed by atoms with Crippen molar-refractivity contribution in [1.29, 1.82) is 0 Å². The summed E-state index contributed by atoms with van der Waals surface area (Å²) >= 11 is 5.99. The lowest BCUT2D eigenvalue weighted by Gasteiger charge is -2.02. The number of nitrogens with one attached hydrogen (secondary N) is 1. The number of ketones is 1. The monoisotopic (exact) mass is 429 g/mol. The van der Waals surface area contributed by atoms with E-state index >= 15 is 0 Å². The molecule has 1 N–H and O–H groups in total. The third-order valence-electron chi connectivity index (χ3n) is 5.14. The predicted octanol–water partition coefficient (Wildman–Crippen LogP) is 6.62. The average molecular weight is 430 g/mol. The maximum atomic E-state index is 12.8. The molecule has 6 heteroatoms. The molecule has 0 unspecified atom stereocenters. The number of carbonyl (C=O) groups is 2. The van der Waals surface area contributed by atoms with Crippen molar-refractivity contribution < 1.29 is 18.4 Å². The summed E-state index contributed by atoms with van der Waals surface area (Å²) in [7, 11) is 0. The fourth-order valence-corrected chi connectivity index (χ4v) is 3.74. The van der Waals surface area contributed by atoms with Gasteiger partial charge in [0, 0.05) is 38.7 Å². The molecular formula is C25H16ClNO4. The van der Waals surface area contributed by atoms with E-state index in [1.807, 2.05) is 31.2 Å². The fourth-order valence-electron chi connectivity index (χ4n) is 3.56. The SMILES string of the molecule is Cc1c(C(=O)c2ccccc2)oc2cc(NC(=O)c3cc4cc(Cl)ccc4o3)ccc12. The van der Waals surface area contributed by atoms with Crippen LogP contribution in [0.3, 0.4) is 0 Å². The first-order valence-corrected chi connectivity index (χ1v) is 10.0. The molecule has 2 aromatic heterocycles. The van der Waals surface area contributed by atoms with Crippen LogP contribution in [0.5, 0.6) is 0 Å². The number of amides is 1. The molecular weight excluding hydrogens is 414 g/mol. The Morgan fingerprint density at radius 2 is 1.68 bits per heavy atom. The smallest absolute Gasteiger partial charge is 0.291 e. The molecule has 0 spiro atoms. The molecule has 5 nitrogen and oxygen atoms in total. The van der Waals surface area contributed by atoms with Crippen LogP contribution in [-0.4, -0.2) is 11.7 Å². The zero-order chi connectivity index (χ0) is 21.5. The van der Waals surface area contributed by atoms with Crippen LogP contribution in [0.25, 0.3) is 21.9 Å². The molecule has 5 rings (SSSR count). The van der Waals surface area contributed by atoms with Gasteiger partial charge in [-0.2, -0.15) is 0 Å². The van der Waals surface area contributed by atoms with Crippen molar-refractivity contribution in [2.24, 2.45) is 0 Å². The topological polar surface area (TPSA) is 72.5 Å². The van der Waals surface area contributed by atoms with Crippen molar-refractivity contribution in [3.05, 3.63) is 100 Å². The number of carbonyl (C=O) groups excluding carboxylic acids is 2. The van der Waals surface area contributed by atoms with E-state index in [0.717, 1.165) is 16.3 Å². The van der Waals surface area contributed by atoms with Gasteiger partial charge in [0.2, 0.25) is 5.78 Å². The van der Waals surface area contributed by atoms with Gasteiger partial charge in [-0.3, -0.25) is 9.59 Å². The Labute approximate surface area is 182 Å². The molecule has 2 heterocycles. The summed E-state index contributed by atoms with van der Waals surface area (Å²) in [6, 6.07) is 21.1. The van der Waals surface area contributed by atoms with Crippen LogP contribution in [0, 0.1) is 6.92 Å². The Bertz CT molecular complexity index is 1460. The van der Waals surface area contributed by atoms with Gasteiger partial charge in [0.1, 0.15) is 11.2 Å². The number of benzene rings is 3. The van der Waals surface area contributed by atoms with E-state index in [1.54, 1.807) is 48.5 Å². The van der Waals surface area contributed by atoms with E-state index in [-0.39, 0.29) is 11.5 Å². The number of furan rings is 2. The number of fused-ring (bicyclic) bond motifs is 2. The van der Waals surface area contributed by atoms with Crippen LogP contribution in [0.15, 0.2) is 81.6 Å². The standard InChI is InChI=1S/C25H16ClNO4/c1-14-19-9-8-18(13-21(19)31-24(14)23(28)15-5-3-2-4-6-15)27-25(29)22-12-16-11-17(26)7-10-20(16)30-22/h2-13H,1H3,(H,27,29). The van der Waals surface area contributed by atoms with E-state index in [2.05, 4.69) is 5.32 Å². The van der Waals surface area contributed by atoms with Gasteiger partial charge >= 0.3 is 0 Å². The Morgan fingerprint density at radius 1 is 0.871 bits per heavy atom. The van der Waals surface area contributed by atoms with Crippen LogP contribution in [0.2, 0.25) is 5.02 Å². The van der Waals surface area contributed by atoms with Gasteiger partial charge < -0.3 is 14.2 Å². The highest BCUT2D eigenvalue weighted by Gasteiger charge is 2.20. The van der Waals surface area contributed by atoms with Crippen molar-refractivity contribution >= 4 is 50.9 Å². The minimum Gasteiger partial charge on any atom is -0.452 e. The summed E-state index contributed by atoms with van der Waals surface area (Å²) < 4.78 is 11.5. The number of aryl methyl sites for hydroxylation is 1. The maximum absolute atomic E-state index is 12.8. The van der Waals surface area contributed by atoms with Crippen molar-refractivity contribution in [3.63, 3.8) is 0 Å². The predicted molar refractivity (Wildman–Crippen MR) is 120 cm³/mol. The van der Waals surface area contributed by atoms with Crippen LogP contribution in [-0.2, 0) is 0 Å². The summed E-state index contributed by atoms with van der Waals surface area (Å²) in [5, 5.41) is 4.94. The Morgan fingerprint density at radius 3 is 2.48 bits per heavy atom. The van der Waals surface area contributed by atoms with Crippen molar-refractivity contribution in [2.45, 2.75) is 6.92 Å². The Kier molecular flexibility index (Phi) is 4.60. The number of halogens is 1. The number of hydrogen-bond acceptors (Lipinski definition) is 4. The van der Waals surface area contributed by atoms with Crippen molar-refractivity contribution in [2.75, 3.05) is 5.32 Å². The van der Waals surface area contributed by atoms with Gasteiger partial charge in [-0.15, -0.1) is 0 Å². The lowest BCUT2D eigenvalue weighted by molar-refractivity contribution is 0.0995. The second kappa shape index (κ2) is 7.45. The summed E-state index contributed by atoms with van der Waals surface area (Å²) in [6.45, 7) is 1.85. The number of hydrogen-bond donors (Lipinski definition) is 1. The van der Waals surface area contributed by atoms with E-state index in [9.17, 15) is 9.59 Å². The quantitative estimate of drug-likeness (QED) is 0.325. The minimum absolute atomic E-state index is 0.174. The molecule has 0 bridgehead atoms. The van der Waals surface area contributed by atoms with Crippen LogP contribution >= 0.6 is 11.6 Å².